The fourth-order valence-electron chi connectivity index (χ4n) is 2.07. The lowest BCUT2D eigenvalue weighted by Crippen LogP contribution is -2.29. The SMILES string of the molecule is CCCCN(C)C(=O)c1cc(NCCCN(C)C)nc(C)n1. The summed E-state index contributed by atoms with van der Waals surface area (Å²) in [4.78, 5) is 24.9. The van der Waals surface area contributed by atoms with Gasteiger partial charge in [0.05, 0.1) is 0 Å². The maximum atomic E-state index is 12.4. The summed E-state index contributed by atoms with van der Waals surface area (Å²) < 4.78 is 0. The molecule has 6 heteroatoms. The van der Waals surface area contributed by atoms with Gasteiger partial charge in [0.1, 0.15) is 17.3 Å². The quantitative estimate of drug-likeness (QED) is 0.707. The van der Waals surface area contributed by atoms with Gasteiger partial charge in [-0.3, -0.25) is 4.79 Å². The zero-order valence-electron chi connectivity index (χ0n) is 14.5. The Labute approximate surface area is 133 Å². The fraction of sp³-hybridized carbons (Fsp3) is 0.688. The number of amides is 1. The highest BCUT2D eigenvalue weighted by atomic mass is 16.2. The first-order chi connectivity index (χ1) is 10.4. The van der Waals surface area contributed by atoms with E-state index in [4.69, 9.17) is 0 Å². The topological polar surface area (TPSA) is 61.4 Å². The highest BCUT2D eigenvalue weighted by molar-refractivity contribution is 5.92. The van der Waals surface area contributed by atoms with Crippen LogP contribution in [0, 0.1) is 6.92 Å². The van der Waals surface area contributed by atoms with E-state index in [1.54, 1.807) is 11.0 Å². The summed E-state index contributed by atoms with van der Waals surface area (Å²) in [5, 5.41) is 3.27. The van der Waals surface area contributed by atoms with Crippen molar-refractivity contribution in [3.63, 3.8) is 0 Å². The zero-order chi connectivity index (χ0) is 16.5. The molecule has 1 heterocycles. The van der Waals surface area contributed by atoms with Crippen LogP contribution in [-0.4, -0.2) is 66.5 Å². The second-order valence-corrected chi connectivity index (χ2v) is 5.85. The lowest BCUT2D eigenvalue weighted by Gasteiger charge is -2.17. The first-order valence-electron chi connectivity index (χ1n) is 7.93. The third-order valence-electron chi connectivity index (χ3n) is 3.34. The Hall–Kier alpha value is -1.69. The number of nitrogens with zero attached hydrogens (tertiary/aromatic N) is 4. The van der Waals surface area contributed by atoms with E-state index >= 15 is 0 Å². The summed E-state index contributed by atoms with van der Waals surface area (Å²) in [5.41, 5.74) is 0.459. The van der Waals surface area contributed by atoms with Crippen LogP contribution in [0.25, 0.3) is 0 Å². The van der Waals surface area contributed by atoms with Gasteiger partial charge in [-0.15, -0.1) is 0 Å². The summed E-state index contributed by atoms with van der Waals surface area (Å²) in [7, 11) is 5.93. The van der Waals surface area contributed by atoms with E-state index in [2.05, 4.69) is 41.2 Å². The third-order valence-corrected chi connectivity index (χ3v) is 3.34. The molecule has 0 radical (unpaired) electrons. The van der Waals surface area contributed by atoms with E-state index in [1.807, 2.05) is 14.0 Å². The minimum Gasteiger partial charge on any atom is -0.370 e. The van der Waals surface area contributed by atoms with Gasteiger partial charge in [0.2, 0.25) is 0 Å². The number of hydrogen-bond donors (Lipinski definition) is 1. The van der Waals surface area contributed by atoms with E-state index in [9.17, 15) is 4.79 Å². The third kappa shape index (κ3) is 6.39. The first kappa shape index (κ1) is 18.4. The Kier molecular flexibility index (Phi) is 7.80. The molecule has 6 nitrogen and oxygen atoms in total. The van der Waals surface area contributed by atoms with E-state index in [1.165, 1.54) is 0 Å². The van der Waals surface area contributed by atoms with Crippen LogP contribution in [0.4, 0.5) is 5.82 Å². The molecule has 1 amide bonds. The van der Waals surface area contributed by atoms with Crippen LogP contribution >= 0.6 is 0 Å². The van der Waals surface area contributed by atoms with Gasteiger partial charge in [-0.05, 0) is 40.4 Å². The smallest absolute Gasteiger partial charge is 0.272 e. The van der Waals surface area contributed by atoms with Crippen LogP contribution in [0.1, 0.15) is 42.5 Å². The van der Waals surface area contributed by atoms with Crippen LogP contribution in [0.5, 0.6) is 0 Å². The summed E-state index contributed by atoms with van der Waals surface area (Å²) in [5.74, 6) is 1.29. The minimum atomic E-state index is -0.0460. The molecule has 0 saturated heterocycles. The summed E-state index contributed by atoms with van der Waals surface area (Å²) in [6.07, 6.45) is 3.09. The molecule has 0 spiro atoms. The van der Waals surface area contributed by atoms with E-state index in [0.717, 1.165) is 44.7 Å². The zero-order valence-corrected chi connectivity index (χ0v) is 14.5. The van der Waals surface area contributed by atoms with Gasteiger partial charge < -0.3 is 15.1 Å². The average molecular weight is 307 g/mol. The number of aryl methyl sites for hydroxylation is 1. The van der Waals surface area contributed by atoms with Crippen LogP contribution in [0.3, 0.4) is 0 Å². The van der Waals surface area contributed by atoms with Crippen LogP contribution in [0.2, 0.25) is 0 Å². The van der Waals surface area contributed by atoms with E-state index in [0.29, 0.717) is 11.5 Å². The average Bonchev–Trinajstić information content (AvgIpc) is 2.47. The molecule has 1 aromatic rings. The van der Waals surface area contributed by atoms with Crippen LogP contribution < -0.4 is 5.32 Å². The molecule has 0 bridgehead atoms. The minimum absolute atomic E-state index is 0.0460. The van der Waals surface area contributed by atoms with Crippen molar-refractivity contribution in [1.82, 2.24) is 19.8 Å². The van der Waals surface area contributed by atoms with Crippen LogP contribution in [-0.2, 0) is 0 Å². The molecule has 1 N–H and O–H groups in total. The first-order valence-corrected chi connectivity index (χ1v) is 7.93. The Morgan fingerprint density at radius 3 is 2.55 bits per heavy atom. The van der Waals surface area contributed by atoms with Gasteiger partial charge in [-0.2, -0.15) is 0 Å². The second-order valence-electron chi connectivity index (χ2n) is 5.85. The molecule has 0 fully saturated rings. The number of carbonyl (C=O) groups is 1. The van der Waals surface area contributed by atoms with Gasteiger partial charge in [0.15, 0.2) is 0 Å². The molecule has 124 valence electrons. The number of anilines is 1. The Bertz CT molecular complexity index is 476. The van der Waals surface area contributed by atoms with Crippen molar-refractivity contribution in [2.75, 3.05) is 46.1 Å². The van der Waals surface area contributed by atoms with Crippen molar-refractivity contribution < 1.29 is 4.79 Å². The molecule has 0 atom stereocenters. The monoisotopic (exact) mass is 307 g/mol. The summed E-state index contributed by atoms with van der Waals surface area (Å²) >= 11 is 0. The predicted molar refractivity (Wildman–Crippen MR) is 90.3 cm³/mol. The Morgan fingerprint density at radius 2 is 1.91 bits per heavy atom. The molecule has 0 aliphatic heterocycles. The van der Waals surface area contributed by atoms with Crippen molar-refractivity contribution in [3.8, 4) is 0 Å². The number of hydrogen-bond acceptors (Lipinski definition) is 5. The number of unbranched alkanes of at least 4 members (excludes halogenated alkanes) is 1. The number of carbonyl (C=O) groups excluding carboxylic acids is 1. The second kappa shape index (κ2) is 9.35. The molecule has 0 aliphatic carbocycles. The fourth-order valence-corrected chi connectivity index (χ4v) is 2.07. The highest BCUT2D eigenvalue weighted by Crippen LogP contribution is 2.09. The molecular formula is C16H29N5O. The maximum Gasteiger partial charge on any atom is 0.272 e. The Balaban J connectivity index is 2.66. The maximum absolute atomic E-state index is 12.4. The lowest BCUT2D eigenvalue weighted by molar-refractivity contribution is 0.0787. The molecule has 0 aromatic carbocycles. The number of rotatable bonds is 9. The molecule has 22 heavy (non-hydrogen) atoms. The van der Waals surface area contributed by atoms with Crippen molar-refractivity contribution in [3.05, 3.63) is 17.6 Å². The lowest BCUT2D eigenvalue weighted by atomic mass is 10.3. The molecule has 0 unspecified atom stereocenters. The van der Waals surface area contributed by atoms with E-state index < -0.39 is 0 Å². The van der Waals surface area contributed by atoms with Crippen molar-refractivity contribution in [2.24, 2.45) is 0 Å². The molecule has 1 aromatic heterocycles. The largest absolute Gasteiger partial charge is 0.370 e. The highest BCUT2D eigenvalue weighted by Gasteiger charge is 2.14. The van der Waals surface area contributed by atoms with Crippen molar-refractivity contribution >= 4 is 11.7 Å². The Morgan fingerprint density at radius 1 is 1.18 bits per heavy atom. The standard InChI is InChI=1S/C16H29N5O/c1-6-7-11-21(5)16(22)14-12-15(19-13(2)18-14)17-9-8-10-20(3)4/h12H,6-11H2,1-5H3,(H,17,18,19). The summed E-state index contributed by atoms with van der Waals surface area (Å²) in [6.45, 7) is 6.53. The molecule has 0 saturated carbocycles. The number of nitrogens with one attached hydrogen (secondary N) is 1. The van der Waals surface area contributed by atoms with Crippen LogP contribution in [0.15, 0.2) is 6.07 Å². The van der Waals surface area contributed by atoms with Gasteiger partial charge in [0.25, 0.3) is 5.91 Å². The molecular weight excluding hydrogens is 278 g/mol. The number of aromatic nitrogens is 2. The van der Waals surface area contributed by atoms with Crippen molar-refractivity contribution in [2.45, 2.75) is 33.1 Å². The normalized spacial score (nSPS) is 10.8. The van der Waals surface area contributed by atoms with E-state index in [-0.39, 0.29) is 5.91 Å². The van der Waals surface area contributed by atoms with Gasteiger partial charge >= 0.3 is 0 Å². The van der Waals surface area contributed by atoms with Gasteiger partial charge in [-0.25, -0.2) is 9.97 Å². The van der Waals surface area contributed by atoms with Crippen molar-refractivity contribution in [1.29, 1.82) is 0 Å². The predicted octanol–water partition coefficient (Wildman–Crippen LogP) is 2.02. The molecule has 0 aliphatic rings. The van der Waals surface area contributed by atoms with Gasteiger partial charge in [0, 0.05) is 26.2 Å². The molecule has 1 rings (SSSR count). The summed E-state index contributed by atoms with van der Waals surface area (Å²) in [6, 6.07) is 1.74. The van der Waals surface area contributed by atoms with Gasteiger partial charge in [-0.1, -0.05) is 13.3 Å².